The number of aliphatic hydroxyl groups is 1. The molecule has 102 valence electrons. The van der Waals surface area contributed by atoms with E-state index in [2.05, 4.69) is 0 Å². The normalized spacial score (nSPS) is 23.2. The van der Waals surface area contributed by atoms with Gasteiger partial charge < -0.3 is 19.5 Å². The third kappa shape index (κ3) is 3.03. The molecule has 19 heavy (non-hydrogen) atoms. The number of carboxylic acid groups (broad SMARTS) is 1. The van der Waals surface area contributed by atoms with Gasteiger partial charge in [0.25, 0.3) is 0 Å². The summed E-state index contributed by atoms with van der Waals surface area (Å²) in [4.78, 5) is 24.1. The molecule has 1 aromatic heterocycles. The van der Waals surface area contributed by atoms with Crippen molar-refractivity contribution in [3.05, 3.63) is 29.7 Å². The van der Waals surface area contributed by atoms with Crippen LogP contribution in [-0.4, -0.2) is 45.7 Å². The molecular weight excluding hydrogens is 250 g/mol. The van der Waals surface area contributed by atoms with Crippen molar-refractivity contribution in [2.24, 2.45) is 0 Å². The maximum Gasteiger partial charge on any atom is 0.326 e. The highest BCUT2D eigenvalue weighted by Gasteiger charge is 2.37. The zero-order valence-corrected chi connectivity index (χ0v) is 10.4. The average Bonchev–Trinajstić information content (AvgIpc) is 2.92. The van der Waals surface area contributed by atoms with E-state index in [1.54, 1.807) is 19.1 Å². The van der Waals surface area contributed by atoms with Gasteiger partial charge in [0.2, 0.25) is 5.91 Å². The smallest absolute Gasteiger partial charge is 0.326 e. The van der Waals surface area contributed by atoms with Crippen LogP contribution in [0.3, 0.4) is 0 Å². The summed E-state index contributed by atoms with van der Waals surface area (Å²) in [6.45, 7) is 1.83. The van der Waals surface area contributed by atoms with Gasteiger partial charge in [0.05, 0.1) is 6.10 Å². The predicted octanol–water partition coefficient (Wildman–Crippen LogP) is 0.648. The minimum atomic E-state index is -1.10. The van der Waals surface area contributed by atoms with Crippen molar-refractivity contribution in [1.82, 2.24) is 4.90 Å². The number of aryl methyl sites for hydroxylation is 1. The van der Waals surface area contributed by atoms with Gasteiger partial charge in [-0.15, -0.1) is 0 Å². The summed E-state index contributed by atoms with van der Waals surface area (Å²) in [5.74, 6) is -0.297. The summed E-state index contributed by atoms with van der Waals surface area (Å²) in [6, 6.07) is 2.52. The first-order valence-electron chi connectivity index (χ1n) is 5.93. The Hall–Kier alpha value is -2.08. The molecule has 2 atom stereocenters. The number of amides is 1. The summed E-state index contributed by atoms with van der Waals surface area (Å²) >= 11 is 0. The molecule has 0 saturated carbocycles. The Kier molecular flexibility index (Phi) is 3.71. The number of hydrogen-bond donors (Lipinski definition) is 2. The fourth-order valence-corrected chi connectivity index (χ4v) is 2.08. The van der Waals surface area contributed by atoms with Gasteiger partial charge >= 0.3 is 5.97 Å². The zero-order valence-electron chi connectivity index (χ0n) is 10.4. The van der Waals surface area contributed by atoms with Gasteiger partial charge in [0.15, 0.2) is 0 Å². The lowest BCUT2D eigenvalue weighted by atomic mass is 10.2. The second kappa shape index (κ2) is 5.27. The van der Waals surface area contributed by atoms with Crippen LogP contribution in [-0.2, 0) is 9.59 Å². The molecular formula is C13H15NO5. The number of hydrogen-bond acceptors (Lipinski definition) is 4. The van der Waals surface area contributed by atoms with Gasteiger partial charge in [-0.1, -0.05) is 0 Å². The van der Waals surface area contributed by atoms with Gasteiger partial charge in [0.1, 0.15) is 17.6 Å². The lowest BCUT2D eigenvalue weighted by Gasteiger charge is -2.18. The molecule has 6 nitrogen and oxygen atoms in total. The molecule has 1 saturated heterocycles. The van der Waals surface area contributed by atoms with E-state index in [1.165, 1.54) is 12.2 Å². The summed E-state index contributed by atoms with van der Waals surface area (Å²) in [5.41, 5.74) is 0. The number of nitrogens with zero attached hydrogens (tertiary/aromatic N) is 1. The number of carboxylic acids is 1. The van der Waals surface area contributed by atoms with Crippen molar-refractivity contribution < 1.29 is 24.2 Å². The topological polar surface area (TPSA) is 91.0 Å². The first kappa shape index (κ1) is 13.4. The highest BCUT2D eigenvalue weighted by atomic mass is 16.4. The molecule has 1 amide bonds. The minimum Gasteiger partial charge on any atom is -0.480 e. The maximum atomic E-state index is 11.9. The molecule has 1 aliphatic heterocycles. The van der Waals surface area contributed by atoms with E-state index in [1.807, 2.05) is 0 Å². The van der Waals surface area contributed by atoms with Crippen LogP contribution >= 0.6 is 0 Å². The minimum absolute atomic E-state index is 0.0390. The number of aliphatic hydroxyl groups excluding tert-OH is 1. The van der Waals surface area contributed by atoms with Crippen LogP contribution in [0.5, 0.6) is 0 Å². The van der Waals surface area contributed by atoms with Crippen LogP contribution in [0.1, 0.15) is 17.9 Å². The number of carbonyl (C=O) groups excluding carboxylic acids is 1. The average molecular weight is 265 g/mol. The Morgan fingerprint density at radius 3 is 2.79 bits per heavy atom. The number of furan rings is 1. The van der Waals surface area contributed by atoms with Crippen LogP contribution < -0.4 is 0 Å². The van der Waals surface area contributed by atoms with Crippen molar-refractivity contribution in [1.29, 1.82) is 0 Å². The van der Waals surface area contributed by atoms with Gasteiger partial charge in [-0.2, -0.15) is 0 Å². The largest absolute Gasteiger partial charge is 0.480 e. The number of likely N-dealkylation sites (tertiary alicyclic amines) is 1. The van der Waals surface area contributed by atoms with E-state index in [-0.39, 0.29) is 13.0 Å². The molecule has 0 bridgehead atoms. The lowest BCUT2D eigenvalue weighted by molar-refractivity contribution is -0.146. The Balaban J connectivity index is 2.06. The second-order valence-electron chi connectivity index (χ2n) is 4.52. The molecule has 0 aromatic carbocycles. The molecule has 0 aliphatic carbocycles. The van der Waals surface area contributed by atoms with Crippen molar-refractivity contribution >= 4 is 18.0 Å². The second-order valence-corrected chi connectivity index (χ2v) is 4.52. The van der Waals surface area contributed by atoms with Crippen molar-refractivity contribution in [2.75, 3.05) is 6.54 Å². The molecule has 0 unspecified atom stereocenters. The molecule has 2 heterocycles. The number of β-amino-alcohol motifs (C(OH)–C–C–N with tert-alkyl or cyclic N) is 1. The molecule has 1 aliphatic rings. The molecule has 6 heteroatoms. The molecule has 0 spiro atoms. The molecule has 0 radical (unpaired) electrons. The zero-order chi connectivity index (χ0) is 14.0. The van der Waals surface area contributed by atoms with E-state index in [9.17, 15) is 14.7 Å². The summed E-state index contributed by atoms with van der Waals surface area (Å²) < 4.78 is 5.27. The number of aliphatic carboxylic acids is 1. The highest BCUT2D eigenvalue weighted by molar-refractivity contribution is 5.94. The summed E-state index contributed by atoms with van der Waals surface area (Å²) in [7, 11) is 0. The fourth-order valence-electron chi connectivity index (χ4n) is 2.08. The van der Waals surface area contributed by atoms with Crippen molar-refractivity contribution in [2.45, 2.75) is 25.5 Å². The van der Waals surface area contributed by atoms with Crippen LogP contribution in [0, 0.1) is 6.92 Å². The van der Waals surface area contributed by atoms with Crippen LogP contribution in [0.2, 0.25) is 0 Å². The standard InChI is InChI=1S/C13H15NO5/c1-8-2-3-10(19-8)4-5-12(16)14-7-9(15)6-11(14)13(17)18/h2-5,9,11,15H,6-7H2,1H3,(H,17,18)/t9-,11+/m1/s1. The highest BCUT2D eigenvalue weighted by Crippen LogP contribution is 2.19. The van der Waals surface area contributed by atoms with Crippen molar-refractivity contribution in [3.63, 3.8) is 0 Å². The van der Waals surface area contributed by atoms with E-state index in [0.717, 1.165) is 10.7 Å². The SMILES string of the molecule is Cc1ccc(C=CC(=O)N2C[C@H](O)C[C@H]2C(=O)O)o1. The van der Waals surface area contributed by atoms with Crippen molar-refractivity contribution in [3.8, 4) is 0 Å². The van der Waals surface area contributed by atoms with Crippen LogP contribution in [0.15, 0.2) is 22.6 Å². The first-order valence-corrected chi connectivity index (χ1v) is 5.93. The summed E-state index contributed by atoms with van der Waals surface area (Å²) in [6.07, 6.45) is 2.02. The molecule has 1 fully saturated rings. The molecule has 1 aromatic rings. The van der Waals surface area contributed by atoms with Crippen LogP contribution in [0.25, 0.3) is 6.08 Å². The lowest BCUT2D eigenvalue weighted by Crippen LogP contribution is -2.39. The fraction of sp³-hybridized carbons (Fsp3) is 0.385. The van der Waals surface area contributed by atoms with Gasteiger partial charge in [0, 0.05) is 19.0 Å². The van der Waals surface area contributed by atoms with Crippen LogP contribution in [0.4, 0.5) is 0 Å². The monoisotopic (exact) mass is 265 g/mol. The maximum absolute atomic E-state index is 11.9. The summed E-state index contributed by atoms with van der Waals surface area (Å²) in [5, 5.41) is 18.4. The Bertz CT molecular complexity index is 519. The quantitative estimate of drug-likeness (QED) is 0.783. The predicted molar refractivity (Wildman–Crippen MR) is 66.2 cm³/mol. The van der Waals surface area contributed by atoms with E-state index >= 15 is 0 Å². The number of carbonyl (C=O) groups is 2. The Morgan fingerprint density at radius 2 is 2.21 bits per heavy atom. The van der Waals surface area contributed by atoms with Gasteiger partial charge in [-0.25, -0.2) is 4.79 Å². The molecule has 2 rings (SSSR count). The van der Waals surface area contributed by atoms with E-state index in [0.29, 0.717) is 5.76 Å². The van der Waals surface area contributed by atoms with E-state index < -0.39 is 24.0 Å². The third-order valence-electron chi connectivity index (χ3n) is 3.00. The Morgan fingerprint density at radius 1 is 1.47 bits per heavy atom. The van der Waals surface area contributed by atoms with E-state index in [4.69, 9.17) is 9.52 Å². The Labute approximate surface area is 109 Å². The van der Waals surface area contributed by atoms with Gasteiger partial charge in [-0.3, -0.25) is 4.79 Å². The third-order valence-corrected chi connectivity index (χ3v) is 3.00. The number of rotatable bonds is 3. The molecule has 2 N–H and O–H groups in total. The van der Waals surface area contributed by atoms with Gasteiger partial charge in [-0.05, 0) is 25.1 Å². The first-order chi connectivity index (χ1) is 8.97.